The molecule has 3 saturated carbocycles. The van der Waals surface area contributed by atoms with Crippen LogP contribution >= 0.6 is 11.6 Å². The van der Waals surface area contributed by atoms with Crippen LogP contribution in [0.4, 0.5) is 6.01 Å². The molecular formula is C42H51ClN4O9. The number of likely N-dealkylation sites (tertiary alicyclic amines) is 1. The summed E-state index contributed by atoms with van der Waals surface area (Å²) in [5.74, 6) is -1.18. The molecule has 8 atom stereocenters. The molecule has 3 heterocycles. The molecule has 2 N–H and O–H groups in total. The first-order valence-electron chi connectivity index (χ1n) is 19.5. The fourth-order valence-corrected chi connectivity index (χ4v) is 8.87. The number of fused-ring (bicyclic) bond motifs is 2. The van der Waals surface area contributed by atoms with E-state index in [-0.39, 0.29) is 71.9 Å². The van der Waals surface area contributed by atoms with Crippen LogP contribution in [0.3, 0.4) is 0 Å². The maximum absolute atomic E-state index is 14.8. The summed E-state index contributed by atoms with van der Waals surface area (Å²) in [6.45, 7) is 13.5. The van der Waals surface area contributed by atoms with Gasteiger partial charge >= 0.3 is 11.9 Å². The summed E-state index contributed by atoms with van der Waals surface area (Å²) in [6.07, 6.45) is 5.47. The topological polar surface area (TPSA) is 170 Å². The molecule has 3 aliphatic carbocycles. The number of phenolic OH excluding ortho intramolecular Hbond substituents is 1. The number of halogens is 1. The van der Waals surface area contributed by atoms with Gasteiger partial charge in [0.1, 0.15) is 40.7 Å². The highest BCUT2D eigenvalue weighted by Crippen LogP contribution is 2.57. The number of rotatable bonds is 14. The van der Waals surface area contributed by atoms with Crippen molar-refractivity contribution < 1.29 is 42.9 Å². The number of oxazole rings is 1. The van der Waals surface area contributed by atoms with Crippen LogP contribution in [0, 0.1) is 34.5 Å². The molecule has 7 rings (SSSR count). The first-order valence-corrected chi connectivity index (χ1v) is 19.8. The lowest BCUT2D eigenvalue weighted by Crippen LogP contribution is -2.48. The quantitative estimate of drug-likeness (QED) is 0.125. The molecule has 13 nitrogen and oxygen atoms in total. The highest BCUT2D eigenvalue weighted by Gasteiger charge is 2.61. The second-order valence-corrected chi connectivity index (χ2v) is 17.8. The summed E-state index contributed by atoms with van der Waals surface area (Å²) in [5.41, 5.74) is -0.705. The van der Waals surface area contributed by atoms with Crippen molar-refractivity contribution in [3.05, 3.63) is 42.1 Å². The van der Waals surface area contributed by atoms with Crippen LogP contribution in [0.15, 0.2) is 41.5 Å². The number of esters is 2. The minimum atomic E-state index is -1.05. The van der Waals surface area contributed by atoms with Crippen LogP contribution in [-0.4, -0.2) is 81.5 Å². The maximum atomic E-state index is 14.8. The van der Waals surface area contributed by atoms with Gasteiger partial charge in [0.15, 0.2) is 5.78 Å². The van der Waals surface area contributed by atoms with Crippen molar-refractivity contribution >= 4 is 52.1 Å². The zero-order chi connectivity index (χ0) is 40.3. The highest BCUT2D eigenvalue weighted by molar-refractivity contribution is 6.36. The van der Waals surface area contributed by atoms with Crippen LogP contribution in [0.5, 0.6) is 11.5 Å². The standard InChI is InChI=1S/C42H51ClN4O9/c1-8-24-17-42(24,39(52)53-7)18-33(49)31-14-26(19-47(31)38(51)28(41(4,5)6)15-35(50)56-25-12-22-11-23(22)13-25)55-34-16-29(30-20-54-40(46-30)44-21(2)3)45-37-27(34)9-10-32(48)36(37)43/h8-10,16,20-26,28,31,48H,1,11-15,17-19H2,2-7H3,(H,44,46)/t22-,23+,24-,25?,26-,28-,31+,42-/m1/s1. The summed E-state index contributed by atoms with van der Waals surface area (Å²) in [6, 6.07) is 4.16. The Kier molecular flexibility index (Phi) is 10.6. The number of carbonyl (C=O) groups excluding carboxylic acids is 4. The van der Waals surface area contributed by atoms with Crippen molar-refractivity contribution in [2.75, 3.05) is 19.0 Å². The Morgan fingerprint density at radius 2 is 1.84 bits per heavy atom. The van der Waals surface area contributed by atoms with Crippen molar-refractivity contribution in [2.24, 2.45) is 34.5 Å². The van der Waals surface area contributed by atoms with Gasteiger partial charge in [0, 0.05) is 30.3 Å². The molecule has 0 radical (unpaired) electrons. The predicted molar refractivity (Wildman–Crippen MR) is 208 cm³/mol. The third-order valence-electron chi connectivity index (χ3n) is 12.0. The van der Waals surface area contributed by atoms with Gasteiger partial charge in [0.2, 0.25) is 5.91 Å². The molecule has 1 saturated heterocycles. The van der Waals surface area contributed by atoms with Crippen molar-refractivity contribution in [1.29, 1.82) is 0 Å². The first-order chi connectivity index (χ1) is 26.5. The number of hydrogen-bond donors (Lipinski definition) is 2. The van der Waals surface area contributed by atoms with E-state index in [0.29, 0.717) is 46.8 Å². The molecule has 1 amide bonds. The van der Waals surface area contributed by atoms with Gasteiger partial charge in [-0.15, -0.1) is 6.58 Å². The van der Waals surface area contributed by atoms with E-state index in [1.165, 1.54) is 30.8 Å². The molecule has 1 aromatic carbocycles. The molecule has 0 bridgehead atoms. The van der Waals surface area contributed by atoms with Gasteiger partial charge < -0.3 is 34.0 Å². The van der Waals surface area contributed by atoms with Crippen molar-refractivity contribution in [3.63, 3.8) is 0 Å². The Morgan fingerprint density at radius 1 is 1.11 bits per heavy atom. The Labute approximate surface area is 331 Å². The minimum absolute atomic E-state index is 0.0124. The van der Waals surface area contributed by atoms with Crippen LogP contribution in [0.25, 0.3) is 22.3 Å². The second-order valence-electron chi connectivity index (χ2n) is 17.4. The van der Waals surface area contributed by atoms with Crippen molar-refractivity contribution in [2.45, 2.75) is 104 Å². The number of aromatic nitrogens is 2. The van der Waals surface area contributed by atoms with E-state index in [1.807, 2.05) is 34.6 Å². The number of carbonyl (C=O) groups is 4. The van der Waals surface area contributed by atoms with Gasteiger partial charge in [0.25, 0.3) is 6.01 Å². The third kappa shape index (κ3) is 7.83. The summed E-state index contributed by atoms with van der Waals surface area (Å²) < 4.78 is 23.3. The van der Waals surface area contributed by atoms with Gasteiger partial charge in [-0.05, 0) is 74.8 Å². The molecule has 2 aromatic heterocycles. The molecule has 1 unspecified atom stereocenters. The van der Waals surface area contributed by atoms with E-state index >= 15 is 0 Å². The molecule has 4 fully saturated rings. The number of amides is 1. The molecule has 300 valence electrons. The average Bonchev–Trinajstić information content (AvgIpc) is 3.80. The van der Waals surface area contributed by atoms with E-state index < -0.39 is 40.8 Å². The smallest absolute Gasteiger partial charge is 0.312 e. The minimum Gasteiger partial charge on any atom is -0.506 e. The number of ketones is 1. The third-order valence-corrected chi connectivity index (χ3v) is 12.3. The zero-order valence-corrected chi connectivity index (χ0v) is 33.6. The maximum Gasteiger partial charge on any atom is 0.312 e. The molecule has 0 spiro atoms. The van der Waals surface area contributed by atoms with E-state index in [9.17, 15) is 24.3 Å². The number of phenols is 1. The number of hydrogen-bond acceptors (Lipinski definition) is 12. The van der Waals surface area contributed by atoms with E-state index in [1.54, 1.807) is 18.2 Å². The summed E-state index contributed by atoms with van der Waals surface area (Å²) in [5, 5.41) is 14.1. The fourth-order valence-electron chi connectivity index (χ4n) is 8.67. The molecule has 56 heavy (non-hydrogen) atoms. The van der Waals surface area contributed by atoms with E-state index in [0.717, 1.165) is 12.8 Å². The SMILES string of the molecule is C=C[C@@H]1C[C@]1(CC(=O)[C@@H]1C[C@@H](Oc2cc(-c3coc(NC(C)C)n3)nc3c(Cl)c(O)ccc23)CN1C(=O)[C@@H](CC(=O)OC1C[C@@H]2C[C@@H]2C1)C(C)(C)C)C(=O)OC. The lowest BCUT2D eigenvalue weighted by Gasteiger charge is -2.35. The van der Waals surface area contributed by atoms with E-state index in [2.05, 4.69) is 16.9 Å². The van der Waals surface area contributed by atoms with Crippen LogP contribution in [0.2, 0.25) is 5.02 Å². The Bertz CT molecular complexity index is 2050. The lowest BCUT2D eigenvalue weighted by atomic mass is 9.77. The highest BCUT2D eigenvalue weighted by atomic mass is 35.5. The average molecular weight is 791 g/mol. The summed E-state index contributed by atoms with van der Waals surface area (Å²) >= 11 is 6.58. The number of ether oxygens (including phenoxy) is 3. The number of nitrogens with zero attached hydrogens (tertiary/aromatic N) is 3. The Hall–Kier alpha value is -4.65. The first kappa shape index (κ1) is 39.6. The number of benzene rings is 1. The number of anilines is 1. The second kappa shape index (κ2) is 15.0. The number of pyridine rings is 1. The van der Waals surface area contributed by atoms with Crippen LogP contribution in [0.1, 0.15) is 79.6 Å². The van der Waals surface area contributed by atoms with Crippen molar-refractivity contribution in [3.8, 4) is 22.9 Å². The lowest BCUT2D eigenvalue weighted by molar-refractivity contribution is -0.157. The molecule has 1 aliphatic heterocycles. The van der Waals surface area contributed by atoms with Gasteiger partial charge in [-0.1, -0.05) is 38.4 Å². The number of allylic oxidation sites excluding steroid dienone is 1. The number of nitrogens with one attached hydrogen (secondary N) is 1. The summed E-state index contributed by atoms with van der Waals surface area (Å²) in [4.78, 5) is 66.3. The zero-order valence-electron chi connectivity index (χ0n) is 32.8. The Balaban J connectivity index is 1.20. The molecular weight excluding hydrogens is 740 g/mol. The van der Waals surface area contributed by atoms with Gasteiger partial charge in [-0.2, -0.15) is 4.98 Å². The molecule has 14 heteroatoms. The van der Waals surface area contributed by atoms with Gasteiger partial charge in [-0.25, -0.2) is 4.98 Å². The molecule has 4 aliphatic rings. The number of Topliss-reactive ketones (excluding diaryl/α,β-unsaturated/α-hetero) is 1. The largest absolute Gasteiger partial charge is 0.506 e. The number of methoxy groups -OCH3 is 1. The molecule has 3 aromatic rings. The van der Waals surface area contributed by atoms with Gasteiger partial charge in [-0.3, -0.25) is 19.2 Å². The monoisotopic (exact) mass is 790 g/mol. The van der Waals surface area contributed by atoms with Crippen LogP contribution in [-0.2, 0) is 28.7 Å². The predicted octanol–water partition coefficient (Wildman–Crippen LogP) is 7.14. The fraction of sp³-hybridized carbons (Fsp3) is 0.571. The Morgan fingerprint density at radius 3 is 2.48 bits per heavy atom. The normalized spacial score (nSPS) is 27.1. The van der Waals surface area contributed by atoms with Crippen molar-refractivity contribution in [1.82, 2.24) is 14.9 Å². The van der Waals surface area contributed by atoms with Crippen LogP contribution < -0.4 is 10.1 Å². The number of aromatic hydroxyl groups is 1. The van der Waals surface area contributed by atoms with Gasteiger partial charge in [0.05, 0.1) is 48.7 Å². The summed E-state index contributed by atoms with van der Waals surface area (Å²) in [7, 11) is 1.30. The van der Waals surface area contributed by atoms with E-state index in [4.69, 9.17) is 35.2 Å².